The predicted octanol–water partition coefficient (Wildman–Crippen LogP) is 5.66. The van der Waals surface area contributed by atoms with Gasteiger partial charge >= 0.3 is 0 Å². The Hall–Kier alpha value is -1.68. The Morgan fingerprint density at radius 1 is 0.905 bits per heavy atom. The molecule has 3 rings (SSSR count). The van der Waals surface area contributed by atoms with Crippen LogP contribution in [0, 0.1) is 6.92 Å². The maximum Gasteiger partial charge on any atom is 0.0707 e. The van der Waals surface area contributed by atoms with Crippen LogP contribution in [0.4, 0.5) is 0 Å². The molecule has 0 N–H and O–H groups in total. The Bertz CT molecular complexity index is 751. The molecular formula is C19H16IN. The van der Waals surface area contributed by atoms with Crippen LogP contribution in [0.1, 0.15) is 11.1 Å². The average Bonchev–Trinajstić information content (AvgIpc) is 2.55. The molecule has 0 aliphatic carbocycles. The molecule has 1 heterocycles. The summed E-state index contributed by atoms with van der Waals surface area (Å²) < 4.78 is 0.984. The molecule has 104 valence electrons. The quantitative estimate of drug-likeness (QED) is 0.419. The highest BCUT2D eigenvalue weighted by Crippen LogP contribution is 2.30. The first-order chi connectivity index (χ1) is 10.3. The highest BCUT2D eigenvalue weighted by molar-refractivity contribution is 14.1. The summed E-state index contributed by atoms with van der Waals surface area (Å²) in [5.74, 6) is 0. The molecule has 0 fully saturated rings. The van der Waals surface area contributed by atoms with E-state index in [4.69, 9.17) is 0 Å². The van der Waals surface area contributed by atoms with Crippen LogP contribution in [-0.2, 0) is 4.43 Å². The summed E-state index contributed by atoms with van der Waals surface area (Å²) in [5.41, 5.74) is 7.33. The number of pyridine rings is 1. The van der Waals surface area contributed by atoms with Crippen molar-refractivity contribution in [2.45, 2.75) is 11.4 Å². The lowest BCUT2D eigenvalue weighted by atomic mass is 9.97. The molecule has 2 heteroatoms. The van der Waals surface area contributed by atoms with E-state index in [1.54, 1.807) is 0 Å². The molecule has 1 nitrogen and oxygen atoms in total. The number of aryl methyl sites for hydroxylation is 1. The van der Waals surface area contributed by atoms with Crippen molar-refractivity contribution in [1.82, 2.24) is 4.98 Å². The van der Waals surface area contributed by atoms with Gasteiger partial charge in [-0.05, 0) is 47.4 Å². The Labute approximate surface area is 139 Å². The molecule has 2 aromatic carbocycles. The first kappa shape index (κ1) is 14.3. The normalized spacial score (nSPS) is 10.6. The first-order valence-electron chi connectivity index (χ1n) is 6.95. The number of hydrogen-bond acceptors (Lipinski definition) is 1. The van der Waals surface area contributed by atoms with Gasteiger partial charge in [-0.2, -0.15) is 0 Å². The van der Waals surface area contributed by atoms with Gasteiger partial charge in [-0.15, -0.1) is 0 Å². The number of hydrogen-bond donors (Lipinski definition) is 0. The summed E-state index contributed by atoms with van der Waals surface area (Å²) in [4.78, 5) is 4.55. The monoisotopic (exact) mass is 385 g/mol. The average molecular weight is 385 g/mol. The zero-order chi connectivity index (χ0) is 14.7. The number of rotatable bonds is 3. The lowest BCUT2D eigenvalue weighted by molar-refractivity contribution is 1.27. The summed E-state index contributed by atoms with van der Waals surface area (Å²) in [6.45, 7) is 2.11. The van der Waals surface area contributed by atoms with E-state index in [0.717, 1.165) is 10.1 Å². The molecule has 0 saturated carbocycles. The summed E-state index contributed by atoms with van der Waals surface area (Å²) in [7, 11) is 0. The van der Waals surface area contributed by atoms with E-state index in [-0.39, 0.29) is 0 Å². The van der Waals surface area contributed by atoms with Crippen LogP contribution in [0.15, 0.2) is 66.9 Å². The molecule has 0 aliphatic heterocycles. The van der Waals surface area contributed by atoms with E-state index < -0.39 is 0 Å². The Morgan fingerprint density at radius 3 is 2.43 bits per heavy atom. The Balaban J connectivity index is 2.14. The van der Waals surface area contributed by atoms with Crippen LogP contribution in [0.3, 0.4) is 0 Å². The highest BCUT2D eigenvalue weighted by atomic mass is 127. The largest absolute Gasteiger partial charge is 0.256 e. The van der Waals surface area contributed by atoms with Crippen molar-refractivity contribution in [1.29, 1.82) is 0 Å². The van der Waals surface area contributed by atoms with Gasteiger partial charge in [0, 0.05) is 16.2 Å². The fraction of sp³-hybridized carbons (Fsp3) is 0.105. The minimum Gasteiger partial charge on any atom is -0.256 e. The van der Waals surface area contributed by atoms with Gasteiger partial charge in [-0.1, -0.05) is 65.1 Å². The fourth-order valence-electron chi connectivity index (χ4n) is 2.43. The summed E-state index contributed by atoms with van der Waals surface area (Å²) in [6.07, 6.45) is 1.89. The van der Waals surface area contributed by atoms with E-state index in [0.29, 0.717) is 0 Å². The zero-order valence-electron chi connectivity index (χ0n) is 11.9. The molecule has 0 unspecified atom stereocenters. The lowest BCUT2D eigenvalue weighted by Crippen LogP contribution is -1.91. The molecule has 0 radical (unpaired) electrons. The van der Waals surface area contributed by atoms with Crippen LogP contribution in [0.25, 0.3) is 22.4 Å². The number of alkyl halides is 1. The summed E-state index contributed by atoms with van der Waals surface area (Å²) >= 11 is 2.41. The molecule has 21 heavy (non-hydrogen) atoms. The lowest BCUT2D eigenvalue weighted by Gasteiger charge is -2.11. The second-order valence-electron chi connectivity index (χ2n) is 5.09. The van der Waals surface area contributed by atoms with E-state index in [2.05, 4.69) is 83.0 Å². The molecular weight excluding hydrogens is 369 g/mol. The number of aromatic nitrogens is 1. The minimum absolute atomic E-state index is 0.984. The predicted molar refractivity (Wildman–Crippen MR) is 97.6 cm³/mol. The van der Waals surface area contributed by atoms with Crippen molar-refractivity contribution >= 4 is 22.6 Å². The van der Waals surface area contributed by atoms with Crippen molar-refractivity contribution in [3.8, 4) is 22.4 Å². The van der Waals surface area contributed by atoms with E-state index in [9.17, 15) is 0 Å². The second kappa shape index (κ2) is 6.39. The van der Waals surface area contributed by atoms with Crippen molar-refractivity contribution in [3.05, 3.63) is 78.0 Å². The number of halogens is 1. The van der Waals surface area contributed by atoms with Gasteiger partial charge in [0.1, 0.15) is 0 Å². The third-order valence-corrected chi connectivity index (χ3v) is 4.37. The number of nitrogens with zero attached hydrogens (tertiary/aromatic N) is 1. The van der Waals surface area contributed by atoms with Gasteiger partial charge < -0.3 is 0 Å². The second-order valence-corrected chi connectivity index (χ2v) is 5.85. The fourth-order valence-corrected chi connectivity index (χ4v) is 3.09. The molecule has 1 aromatic heterocycles. The van der Waals surface area contributed by atoms with Crippen LogP contribution in [0.2, 0.25) is 0 Å². The van der Waals surface area contributed by atoms with Crippen molar-refractivity contribution in [2.24, 2.45) is 0 Å². The third kappa shape index (κ3) is 3.16. The minimum atomic E-state index is 0.984. The number of benzene rings is 2. The van der Waals surface area contributed by atoms with E-state index >= 15 is 0 Å². The molecule has 3 aromatic rings. The van der Waals surface area contributed by atoms with Gasteiger partial charge in [0.15, 0.2) is 0 Å². The molecule has 0 aliphatic rings. The standard InChI is InChI=1S/C19H16IN/c1-14-9-10-21-19(11-14)18-12-16(7-8-17(18)13-20)15-5-3-2-4-6-15/h2-12H,13H2,1H3. The van der Waals surface area contributed by atoms with E-state index in [1.807, 2.05) is 18.3 Å². The van der Waals surface area contributed by atoms with Crippen molar-refractivity contribution < 1.29 is 0 Å². The van der Waals surface area contributed by atoms with Crippen LogP contribution < -0.4 is 0 Å². The summed E-state index contributed by atoms with van der Waals surface area (Å²) in [6, 6.07) is 21.3. The van der Waals surface area contributed by atoms with Crippen molar-refractivity contribution in [2.75, 3.05) is 0 Å². The maximum atomic E-state index is 4.55. The van der Waals surface area contributed by atoms with Gasteiger partial charge in [-0.3, -0.25) is 4.98 Å². The SMILES string of the molecule is Cc1ccnc(-c2cc(-c3ccccc3)ccc2CI)c1. The van der Waals surface area contributed by atoms with Gasteiger partial charge in [0.25, 0.3) is 0 Å². The molecule has 0 saturated heterocycles. The maximum absolute atomic E-state index is 4.55. The zero-order valence-corrected chi connectivity index (χ0v) is 14.0. The van der Waals surface area contributed by atoms with Crippen LogP contribution >= 0.6 is 22.6 Å². The van der Waals surface area contributed by atoms with Gasteiger partial charge in [0.2, 0.25) is 0 Å². The highest BCUT2D eigenvalue weighted by Gasteiger charge is 2.08. The van der Waals surface area contributed by atoms with Gasteiger partial charge in [0.05, 0.1) is 5.69 Å². The van der Waals surface area contributed by atoms with Crippen LogP contribution in [0.5, 0.6) is 0 Å². The summed E-state index contributed by atoms with van der Waals surface area (Å²) in [5, 5.41) is 0. The van der Waals surface area contributed by atoms with Crippen molar-refractivity contribution in [3.63, 3.8) is 0 Å². The van der Waals surface area contributed by atoms with Gasteiger partial charge in [-0.25, -0.2) is 0 Å². The third-order valence-electron chi connectivity index (χ3n) is 3.55. The smallest absolute Gasteiger partial charge is 0.0707 e. The topological polar surface area (TPSA) is 12.9 Å². The molecule has 0 spiro atoms. The molecule has 0 bridgehead atoms. The Kier molecular flexibility index (Phi) is 4.34. The molecule has 0 amide bonds. The van der Waals surface area contributed by atoms with Crippen LogP contribution in [-0.4, -0.2) is 4.98 Å². The first-order valence-corrected chi connectivity index (χ1v) is 8.48. The Morgan fingerprint density at radius 2 is 1.71 bits per heavy atom. The molecule has 0 atom stereocenters. The van der Waals surface area contributed by atoms with E-state index in [1.165, 1.54) is 27.8 Å².